The monoisotopic (exact) mass is 354 g/mol. The van der Waals surface area contributed by atoms with Crippen LogP contribution in [0, 0.1) is 0 Å². The van der Waals surface area contributed by atoms with Gasteiger partial charge in [0, 0.05) is 12.1 Å². The Labute approximate surface area is 154 Å². The van der Waals surface area contributed by atoms with E-state index in [0.29, 0.717) is 29.0 Å². The van der Waals surface area contributed by atoms with Crippen molar-refractivity contribution in [1.82, 2.24) is 9.97 Å². The first-order valence-corrected chi connectivity index (χ1v) is 9.27. The molecule has 6 nitrogen and oxygen atoms in total. The van der Waals surface area contributed by atoms with E-state index < -0.39 is 0 Å². The molecular formula is C20H26N4O2. The minimum Gasteiger partial charge on any atom is -0.489 e. The average Bonchev–Trinajstić information content (AvgIpc) is 2.64. The zero-order chi connectivity index (χ0) is 18.4. The highest BCUT2D eigenvalue weighted by atomic mass is 16.5. The number of rotatable bonds is 6. The molecule has 2 aromatic rings. The normalized spacial score (nSPS) is 14.9. The predicted molar refractivity (Wildman–Crippen MR) is 103 cm³/mol. The highest BCUT2D eigenvalue weighted by Gasteiger charge is 2.16. The van der Waals surface area contributed by atoms with Crippen LogP contribution in [0.3, 0.4) is 0 Å². The third-order valence-corrected chi connectivity index (χ3v) is 4.35. The summed E-state index contributed by atoms with van der Waals surface area (Å²) in [7, 11) is 0. The van der Waals surface area contributed by atoms with Gasteiger partial charge >= 0.3 is 0 Å². The summed E-state index contributed by atoms with van der Waals surface area (Å²) in [4.78, 5) is 21.0. The van der Waals surface area contributed by atoms with Crippen LogP contribution in [0.25, 0.3) is 0 Å². The van der Waals surface area contributed by atoms with Crippen LogP contribution in [0.1, 0.15) is 56.4 Å². The van der Waals surface area contributed by atoms with Crippen molar-refractivity contribution < 1.29 is 9.53 Å². The van der Waals surface area contributed by atoms with E-state index in [4.69, 9.17) is 4.74 Å². The van der Waals surface area contributed by atoms with Gasteiger partial charge in [-0.25, -0.2) is 9.97 Å². The molecule has 1 aliphatic carbocycles. The van der Waals surface area contributed by atoms with E-state index in [1.807, 2.05) is 38.1 Å². The van der Waals surface area contributed by atoms with E-state index in [1.54, 1.807) is 6.07 Å². The Kier molecular flexibility index (Phi) is 6.04. The largest absolute Gasteiger partial charge is 0.489 e. The van der Waals surface area contributed by atoms with Crippen molar-refractivity contribution in [2.45, 2.75) is 58.1 Å². The van der Waals surface area contributed by atoms with Gasteiger partial charge < -0.3 is 15.4 Å². The Balaban J connectivity index is 1.69. The third kappa shape index (κ3) is 4.94. The van der Waals surface area contributed by atoms with E-state index in [1.165, 1.54) is 25.6 Å². The molecule has 1 amide bonds. The number of nitrogens with one attached hydrogen (secondary N) is 2. The smallest absolute Gasteiger partial charge is 0.274 e. The maximum atomic E-state index is 12.6. The number of carbonyl (C=O) groups excluding carboxylic acids is 1. The van der Waals surface area contributed by atoms with Crippen molar-refractivity contribution in [2.75, 3.05) is 10.6 Å². The number of anilines is 2. The summed E-state index contributed by atoms with van der Waals surface area (Å²) in [6, 6.07) is 9.53. The van der Waals surface area contributed by atoms with Gasteiger partial charge in [-0.05, 0) is 38.8 Å². The summed E-state index contributed by atoms with van der Waals surface area (Å²) >= 11 is 0. The molecule has 1 aliphatic rings. The standard InChI is InChI=1S/C20H26N4O2/c1-14(2)26-18-11-7-6-10-16(18)24-20(25)17-12-19(22-13-21-17)23-15-8-4-3-5-9-15/h6-7,10-15H,3-5,8-9H2,1-2H3,(H,24,25)(H,21,22,23). The van der Waals surface area contributed by atoms with Crippen LogP contribution < -0.4 is 15.4 Å². The molecule has 3 rings (SSSR count). The van der Waals surface area contributed by atoms with Gasteiger partial charge in [-0.15, -0.1) is 0 Å². The zero-order valence-electron chi connectivity index (χ0n) is 15.4. The van der Waals surface area contributed by atoms with Crippen molar-refractivity contribution in [3.05, 3.63) is 42.4 Å². The van der Waals surface area contributed by atoms with E-state index in [2.05, 4.69) is 20.6 Å². The fourth-order valence-electron chi connectivity index (χ4n) is 3.13. The lowest BCUT2D eigenvalue weighted by Gasteiger charge is -2.23. The minimum absolute atomic E-state index is 0.0263. The molecule has 6 heteroatoms. The molecule has 26 heavy (non-hydrogen) atoms. The first-order chi connectivity index (χ1) is 12.6. The quantitative estimate of drug-likeness (QED) is 0.810. The van der Waals surface area contributed by atoms with Crippen molar-refractivity contribution in [1.29, 1.82) is 0 Å². The van der Waals surface area contributed by atoms with E-state index in [9.17, 15) is 4.79 Å². The molecule has 0 spiro atoms. The molecule has 1 aromatic heterocycles. The highest BCUT2D eigenvalue weighted by molar-refractivity contribution is 6.04. The van der Waals surface area contributed by atoms with Crippen LogP contribution >= 0.6 is 0 Å². The maximum absolute atomic E-state index is 12.6. The minimum atomic E-state index is -0.279. The predicted octanol–water partition coefficient (Wildman–Crippen LogP) is 4.26. The fourth-order valence-corrected chi connectivity index (χ4v) is 3.13. The molecule has 1 heterocycles. The molecular weight excluding hydrogens is 328 g/mol. The van der Waals surface area contributed by atoms with Crippen LogP contribution in [0.5, 0.6) is 5.75 Å². The van der Waals surface area contributed by atoms with Crippen LogP contribution in [-0.2, 0) is 0 Å². The number of aromatic nitrogens is 2. The van der Waals surface area contributed by atoms with E-state index in [0.717, 1.165) is 12.8 Å². The molecule has 1 fully saturated rings. The highest BCUT2D eigenvalue weighted by Crippen LogP contribution is 2.25. The molecule has 1 saturated carbocycles. The molecule has 0 atom stereocenters. The average molecular weight is 354 g/mol. The number of benzene rings is 1. The second-order valence-corrected chi connectivity index (χ2v) is 6.88. The van der Waals surface area contributed by atoms with Crippen molar-refractivity contribution in [3.8, 4) is 5.75 Å². The number of nitrogens with zero attached hydrogens (tertiary/aromatic N) is 2. The molecule has 0 aliphatic heterocycles. The first-order valence-electron chi connectivity index (χ1n) is 9.27. The summed E-state index contributed by atoms with van der Waals surface area (Å²) in [6.07, 6.45) is 7.52. The second-order valence-electron chi connectivity index (χ2n) is 6.88. The Morgan fingerprint density at radius 3 is 2.69 bits per heavy atom. The lowest BCUT2D eigenvalue weighted by atomic mass is 9.95. The molecule has 1 aromatic carbocycles. The SMILES string of the molecule is CC(C)Oc1ccccc1NC(=O)c1cc(NC2CCCCC2)ncn1. The zero-order valence-corrected chi connectivity index (χ0v) is 15.4. The fraction of sp³-hybridized carbons (Fsp3) is 0.450. The number of ether oxygens (including phenoxy) is 1. The molecule has 0 unspecified atom stereocenters. The van der Waals surface area contributed by atoms with Crippen LogP contribution in [0.15, 0.2) is 36.7 Å². The first kappa shape index (κ1) is 18.2. The number of para-hydroxylation sites is 2. The van der Waals surface area contributed by atoms with Crippen molar-refractivity contribution in [2.24, 2.45) is 0 Å². The summed E-state index contributed by atoms with van der Waals surface area (Å²) in [5, 5.41) is 6.30. The van der Waals surface area contributed by atoms with Gasteiger partial charge in [0.25, 0.3) is 5.91 Å². The van der Waals surface area contributed by atoms with Gasteiger partial charge in [-0.2, -0.15) is 0 Å². The lowest BCUT2D eigenvalue weighted by Crippen LogP contribution is -2.23. The summed E-state index contributed by atoms with van der Waals surface area (Å²) in [5.74, 6) is 1.06. The lowest BCUT2D eigenvalue weighted by molar-refractivity contribution is 0.102. The number of amides is 1. The van der Waals surface area contributed by atoms with E-state index >= 15 is 0 Å². The molecule has 0 saturated heterocycles. The van der Waals surface area contributed by atoms with Gasteiger partial charge in [0.15, 0.2) is 0 Å². The van der Waals surface area contributed by atoms with Gasteiger partial charge in [-0.3, -0.25) is 4.79 Å². The molecule has 0 radical (unpaired) electrons. The number of hydrogen-bond acceptors (Lipinski definition) is 5. The Morgan fingerprint density at radius 1 is 1.15 bits per heavy atom. The Morgan fingerprint density at radius 2 is 1.92 bits per heavy atom. The molecule has 138 valence electrons. The Bertz CT molecular complexity index is 742. The van der Waals surface area contributed by atoms with Gasteiger partial charge in [0.2, 0.25) is 0 Å². The topological polar surface area (TPSA) is 76.1 Å². The van der Waals surface area contributed by atoms with E-state index in [-0.39, 0.29) is 12.0 Å². The summed E-state index contributed by atoms with van der Waals surface area (Å²) in [6.45, 7) is 3.90. The van der Waals surface area contributed by atoms with Crippen LogP contribution in [-0.4, -0.2) is 28.0 Å². The van der Waals surface area contributed by atoms with Crippen molar-refractivity contribution >= 4 is 17.4 Å². The summed E-state index contributed by atoms with van der Waals surface area (Å²) < 4.78 is 5.75. The number of hydrogen-bond donors (Lipinski definition) is 2. The van der Waals surface area contributed by atoms with Gasteiger partial charge in [0.05, 0.1) is 11.8 Å². The third-order valence-electron chi connectivity index (χ3n) is 4.35. The van der Waals surface area contributed by atoms with Gasteiger partial charge in [-0.1, -0.05) is 31.4 Å². The summed E-state index contributed by atoms with van der Waals surface area (Å²) in [5.41, 5.74) is 0.962. The maximum Gasteiger partial charge on any atom is 0.274 e. The van der Waals surface area contributed by atoms with Gasteiger partial charge in [0.1, 0.15) is 23.6 Å². The Hall–Kier alpha value is -2.63. The second kappa shape index (κ2) is 8.65. The van der Waals surface area contributed by atoms with Crippen molar-refractivity contribution in [3.63, 3.8) is 0 Å². The molecule has 2 N–H and O–H groups in total. The number of carbonyl (C=O) groups is 1. The molecule has 0 bridgehead atoms. The van der Waals surface area contributed by atoms with Crippen LogP contribution in [0.4, 0.5) is 11.5 Å². The van der Waals surface area contributed by atoms with Crippen LogP contribution in [0.2, 0.25) is 0 Å².